The molecule has 2 saturated heterocycles. The minimum atomic E-state index is -0.0480. The lowest BCUT2D eigenvalue weighted by Crippen LogP contribution is -2.51. The fourth-order valence-electron chi connectivity index (χ4n) is 4.34. The van der Waals surface area contributed by atoms with E-state index in [1.807, 2.05) is 9.80 Å². The van der Waals surface area contributed by atoms with Crippen molar-refractivity contribution in [3.8, 4) is 0 Å². The largest absolute Gasteiger partial charge is 0.342 e. The number of nitrogens with zero attached hydrogens (tertiary/aromatic N) is 2. The molecule has 1 aliphatic carbocycles. The summed E-state index contributed by atoms with van der Waals surface area (Å²) in [4.78, 5) is 29.1. The predicted molar refractivity (Wildman–Crippen MR) is 101 cm³/mol. The summed E-state index contributed by atoms with van der Waals surface area (Å²) in [5, 5.41) is 3.15. The van der Waals surface area contributed by atoms with E-state index in [4.69, 9.17) is 5.73 Å². The second-order valence-electron chi connectivity index (χ2n) is 8.24. The Balaban J connectivity index is 0.00000225. The van der Waals surface area contributed by atoms with Gasteiger partial charge in [0.25, 0.3) is 0 Å². The van der Waals surface area contributed by atoms with Gasteiger partial charge in [-0.3, -0.25) is 4.79 Å². The Labute approximate surface area is 157 Å². The van der Waals surface area contributed by atoms with Gasteiger partial charge in [0.15, 0.2) is 0 Å². The maximum absolute atomic E-state index is 12.8. The van der Waals surface area contributed by atoms with Crippen LogP contribution in [0, 0.1) is 11.3 Å². The van der Waals surface area contributed by atoms with Gasteiger partial charge >= 0.3 is 6.03 Å². The molecule has 0 aromatic carbocycles. The molecule has 2 heterocycles. The van der Waals surface area contributed by atoms with Crippen LogP contribution in [0.15, 0.2) is 0 Å². The molecule has 3 rings (SSSR count). The van der Waals surface area contributed by atoms with Gasteiger partial charge in [0.2, 0.25) is 5.91 Å². The van der Waals surface area contributed by atoms with E-state index < -0.39 is 0 Å². The van der Waals surface area contributed by atoms with Crippen LogP contribution < -0.4 is 11.1 Å². The first kappa shape index (κ1) is 20.3. The second kappa shape index (κ2) is 8.58. The van der Waals surface area contributed by atoms with Gasteiger partial charge in [0.05, 0.1) is 5.92 Å². The number of carbonyl (C=O) groups excluding carboxylic acids is 2. The van der Waals surface area contributed by atoms with E-state index in [1.165, 1.54) is 12.8 Å². The summed E-state index contributed by atoms with van der Waals surface area (Å²) in [7, 11) is 0. The van der Waals surface area contributed by atoms with E-state index in [0.717, 1.165) is 51.7 Å². The van der Waals surface area contributed by atoms with Gasteiger partial charge in [-0.1, -0.05) is 19.8 Å². The van der Waals surface area contributed by atoms with Crippen molar-refractivity contribution >= 4 is 24.3 Å². The summed E-state index contributed by atoms with van der Waals surface area (Å²) in [5.74, 6) is 0.166. The number of halogens is 1. The van der Waals surface area contributed by atoms with Gasteiger partial charge in [-0.05, 0) is 44.1 Å². The van der Waals surface area contributed by atoms with Crippen molar-refractivity contribution in [3.63, 3.8) is 0 Å². The smallest absolute Gasteiger partial charge is 0.317 e. The maximum Gasteiger partial charge on any atom is 0.317 e. The number of hydrogen-bond donors (Lipinski definition) is 2. The SMILES string of the molecule is CC1(CN)CCN(C(=O)C2CCCN(C(=O)NC3CCCC3)C2)C1.Cl. The van der Waals surface area contributed by atoms with Crippen molar-refractivity contribution in [3.05, 3.63) is 0 Å². The topological polar surface area (TPSA) is 78.7 Å². The van der Waals surface area contributed by atoms with Crippen molar-refractivity contribution < 1.29 is 9.59 Å². The van der Waals surface area contributed by atoms with Crippen LogP contribution in [0.3, 0.4) is 0 Å². The fraction of sp³-hybridized carbons (Fsp3) is 0.889. The number of carbonyl (C=O) groups is 2. The van der Waals surface area contributed by atoms with Crippen molar-refractivity contribution in [2.75, 3.05) is 32.7 Å². The van der Waals surface area contributed by atoms with Gasteiger partial charge in [0.1, 0.15) is 0 Å². The Kier molecular flexibility index (Phi) is 6.97. The van der Waals surface area contributed by atoms with Crippen LogP contribution in [0.4, 0.5) is 4.79 Å². The van der Waals surface area contributed by atoms with Crippen molar-refractivity contribution in [1.82, 2.24) is 15.1 Å². The lowest BCUT2D eigenvalue weighted by Gasteiger charge is -2.35. The zero-order valence-electron chi connectivity index (χ0n) is 15.3. The number of piperidine rings is 1. The van der Waals surface area contributed by atoms with Crippen LogP contribution in [0.25, 0.3) is 0 Å². The average Bonchev–Trinajstić information content (AvgIpc) is 3.24. The van der Waals surface area contributed by atoms with Gasteiger partial charge < -0.3 is 20.9 Å². The highest BCUT2D eigenvalue weighted by Crippen LogP contribution is 2.31. The molecule has 0 spiro atoms. The van der Waals surface area contributed by atoms with E-state index in [1.54, 1.807) is 0 Å². The molecule has 2 unspecified atom stereocenters. The molecule has 0 radical (unpaired) electrons. The molecule has 0 bridgehead atoms. The first-order valence-electron chi connectivity index (χ1n) is 9.55. The molecule has 3 N–H and O–H groups in total. The van der Waals surface area contributed by atoms with Gasteiger partial charge in [-0.15, -0.1) is 12.4 Å². The number of urea groups is 1. The van der Waals surface area contributed by atoms with Crippen LogP contribution in [0.1, 0.15) is 51.9 Å². The minimum Gasteiger partial charge on any atom is -0.342 e. The van der Waals surface area contributed by atoms with Gasteiger partial charge in [-0.2, -0.15) is 0 Å². The third kappa shape index (κ3) is 4.79. The zero-order chi connectivity index (χ0) is 17.2. The highest BCUT2D eigenvalue weighted by atomic mass is 35.5. The van der Waals surface area contributed by atoms with E-state index in [9.17, 15) is 9.59 Å². The van der Waals surface area contributed by atoms with Gasteiger partial charge in [0, 0.05) is 32.2 Å². The number of amides is 3. The normalized spacial score (nSPS) is 30.2. The third-order valence-corrected chi connectivity index (χ3v) is 6.10. The molecule has 6 nitrogen and oxygen atoms in total. The van der Waals surface area contributed by atoms with Crippen LogP contribution >= 0.6 is 12.4 Å². The molecule has 3 fully saturated rings. The molecular weight excluding hydrogens is 340 g/mol. The van der Waals surface area contributed by atoms with Crippen molar-refractivity contribution in [2.45, 2.75) is 57.9 Å². The molecular formula is C18H33ClN4O2. The Bertz CT molecular complexity index is 484. The monoisotopic (exact) mass is 372 g/mol. The number of hydrogen-bond acceptors (Lipinski definition) is 3. The van der Waals surface area contributed by atoms with E-state index >= 15 is 0 Å². The Hall–Kier alpha value is -1.01. The Morgan fingerprint density at radius 1 is 1.12 bits per heavy atom. The van der Waals surface area contributed by atoms with Crippen LogP contribution in [-0.4, -0.2) is 60.5 Å². The minimum absolute atomic E-state index is 0. The molecule has 7 heteroatoms. The number of rotatable bonds is 3. The molecule has 144 valence electrons. The maximum atomic E-state index is 12.8. The highest BCUT2D eigenvalue weighted by molar-refractivity contribution is 5.85. The number of likely N-dealkylation sites (tertiary alicyclic amines) is 2. The van der Waals surface area contributed by atoms with Crippen LogP contribution in [0.2, 0.25) is 0 Å². The number of nitrogens with two attached hydrogens (primary N) is 1. The standard InChI is InChI=1S/C18H32N4O2.ClH/c1-18(12-19)8-10-22(13-18)16(23)14-5-4-9-21(11-14)17(24)20-15-6-2-3-7-15;/h14-15H,2-13,19H2,1H3,(H,20,24);1H. The number of nitrogens with one attached hydrogen (secondary N) is 1. The van der Waals surface area contributed by atoms with E-state index in [-0.39, 0.29) is 35.7 Å². The first-order valence-corrected chi connectivity index (χ1v) is 9.55. The molecule has 2 atom stereocenters. The molecule has 3 amide bonds. The molecule has 1 saturated carbocycles. The molecule has 0 aromatic heterocycles. The summed E-state index contributed by atoms with van der Waals surface area (Å²) in [6, 6.07) is 0.352. The van der Waals surface area contributed by atoms with Crippen molar-refractivity contribution in [2.24, 2.45) is 17.1 Å². The molecule has 2 aliphatic heterocycles. The summed E-state index contributed by atoms with van der Waals surface area (Å²) >= 11 is 0. The average molecular weight is 373 g/mol. The summed E-state index contributed by atoms with van der Waals surface area (Å²) in [6.45, 7) is 5.67. The molecule has 0 aromatic rings. The second-order valence-corrected chi connectivity index (χ2v) is 8.24. The highest BCUT2D eigenvalue weighted by Gasteiger charge is 2.38. The summed E-state index contributed by atoms with van der Waals surface area (Å²) in [5.41, 5.74) is 5.91. The summed E-state index contributed by atoms with van der Waals surface area (Å²) in [6.07, 6.45) is 7.38. The lowest BCUT2D eigenvalue weighted by molar-refractivity contribution is -0.136. The van der Waals surface area contributed by atoms with E-state index in [2.05, 4.69) is 12.2 Å². The van der Waals surface area contributed by atoms with Crippen LogP contribution in [0.5, 0.6) is 0 Å². The quantitative estimate of drug-likeness (QED) is 0.794. The van der Waals surface area contributed by atoms with E-state index in [0.29, 0.717) is 19.1 Å². The predicted octanol–water partition coefficient (Wildman–Crippen LogP) is 1.97. The third-order valence-electron chi connectivity index (χ3n) is 6.10. The van der Waals surface area contributed by atoms with Crippen molar-refractivity contribution in [1.29, 1.82) is 0 Å². The Morgan fingerprint density at radius 2 is 1.84 bits per heavy atom. The fourth-order valence-corrected chi connectivity index (χ4v) is 4.34. The van der Waals surface area contributed by atoms with Crippen LogP contribution in [-0.2, 0) is 4.79 Å². The lowest BCUT2D eigenvalue weighted by atomic mass is 9.90. The van der Waals surface area contributed by atoms with Gasteiger partial charge in [-0.25, -0.2) is 4.79 Å². The first-order chi connectivity index (χ1) is 11.5. The summed E-state index contributed by atoms with van der Waals surface area (Å²) < 4.78 is 0. The zero-order valence-corrected chi connectivity index (χ0v) is 16.2. The molecule has 25 heavy (non-hydrogen) atoms. The molecule has 3 aliphatic rings. The Morgan fingerprint density at radius 3 is 2.48 bits per heavy atom.